The van der Waals surface area contributed by atoms with Crippen LogP contribution in [0, 0.1) is 5.82 Å². The average Bonchev–Trinajstić information content (AvgIpc) is 3.01. The van der Waals surface area contributed by atoms with E-state index in [9.17, 15) is 9.18 Å². The van der Waals surface area contributed by atoms with E-state index in [0.29, 0.717) is 24.8 Å². The molecule has 0 spiro atoms. The van der Waals surface area contributed by atoms with Crippen LogP contribution in [0.5, 0.6) is 0 Å². The molecule has 1 aliphatic heterocycles. The van der Waals surface area contributed by atoms with Gasteiger partial charge in [-0.1, -0.05) is 0 Å². The summed E-state index contributed by atoms with van der Waals surface area (Å²) in [6.45, 7) is 1.56. The Labute approximate surface area is 125 Å². The fourth-order valence-corrected chi connectivity index (χ4v) is 2.70. The number of nitrogens with zero attached hydrogens (tertiary/aromatic N) is 2. The zero-order valence-corrected chi connectivity index (χ0v) is 12.0. The Balaban J connectivity index is 1.65. The molecule has 1 aromatic heterocycles. The summed E-state index contributed by atoms with van der Waals surface area (Å²) < 4.78 is 18.5. The standard InChI is InChI=1S/C14H14FN3O2S/c15-10-1-3-11(4-2-10)18-6-7-20-12(9-18)13(19)17-14-16-5-8-21-14/h1-5,8,12H,6-7,9H2,(H,16,17,19). The SMILES string of the molecule is O=C(Nc1nccs1)C1CN(c2ccc(F)cc2)CCO1. The first-order valence-electron chi connectivity index (χ1n) is 6.55. The highest BCUT2D eigenvalue weighted by Crippen LogP contribution is 2.19. The third-order valence-electron chi connectivity index (χ3n) is 3.21. The van der Waals surface area contributed by atoms with Crippen LogP contribution in [0.4, 0.5) is 15.2 Å². The average molecular weight is 307 g/mol. The molecule has 1 aromatic carbocycles. The van der Waals surface area contributed by atoms with Crippen molar-refractivity contribution < 1.29 is 13.9 Å². The molecule has 1 atom stereocenters. The van der Waals surface area contributed by atoms with Gasteiger partial charge in [-0.2, -0.15) is 0 Å². The van der Waals surface area contributed by atoms with Gasteiger partial charge < -0.3 is 9.64 Å². The summed E-state index contributed by atoms with van der Waals surface area (Å²) in [5.41, 5.74) is 0.881. The van der Waals surface area contributed by atoms with E-state index >= 15 is 0 Å². The number of rotatable bonds is 3. The molecule has 2 heterocycles. The summed E-state index contributed by atoms with van der Waals surface area (Å²) in [7, 11) is 0. The fraction of sp³-hybridized carbons (Fsp3) is 0.286. The Hall–Kier alpha value is -1.99. The fourth-order valence-electron chi connectivity index (χ4n) is 2.17. The molecule has 1 N–H and O–H groups in total. The van der Waals surface area contributed by atoms with Crippen molar-refractivity contribution in [1.82, 2.24) is 4.98 Å². The van der Waals surface area contributed by atoms with Crippen molar-refractivity contribution in [2.75, 3.05) is 29.9 Å². The van der Waals surface area contributed by atoms with Gasteiger partial charge >= 0.3 is 0 Å². The maximum Gasteiger partial charge on any atom is 0.257 e. The van der Waals surface area contributed by atoms with Gasteiger partial charge in [0.05, 0.1) is 13.2 Å². The second kappa shape index (κ2) is 6.19. The van der Waals surface area contributed by atoms with E-state index in [4.69, 9.17) is 4.74 Å². The molecule has 1 unspecified atom stereocenters. The van der Waals surface area contributed by atoms with Crippen LogP contribution in [0.3, 0.4) is 0 Å². The van der Waals surface area contributed by atoms with E-state index < -0.39 is 6.10 Å². The monoisotopic (exact) mass is 307 g/mol. The number of amides is 1. The molecule has 0 saturated carbocycles. The van der Waals surface area contributed by atoms with Gasteiger partial charge in [-0.3, -0.25) is 10.1 Å². The lowest BCUT2D eigenvalue weighted by atomic mass is 10.2. The van der Waals surface area contributed by atoms with E-state index in [-0.39, 0.29) is 11.7 Å². The molecule has 3 rings (SSSR count). The number of anilines is 2. The van der Waals surface area contributed by atoms with E-state index in [1.54, 1.807) is 23.7 Å². The molecule has 110 valence electrons. The summed E-state index contributed by atoms with van der Waals surface area (Å²) in [4.78, 5) is 18.2. The van der Waals surface area contributed by atoms with E-state index in [1.807, 2.05) is 4.90 Å². The second-order valence-electron chi connectivity index (χ2n) is 4.61. The minimum Gasteiger partial charge on any atom is -0.366 e. The summed E-state index contributed by atoms with van der Waals surface area (Å²) in [5.74, 6) is -0.484. The van der Waals surface area contributed by atoms with Crippen LogP contribution in [0.25, 0.3) is 0 Å². The van der Waals surface area contributed by atoms with Crippen molar-refractivity contribution in [2.24, 2.45) is 0 Å². The lowest BCUT2D eigenvalue weighted by Gasteiger charge is -2.33. The molecule has 21 heavy (non-hydrogen) atoms. The molecule has 0 radical (unpaired) electrons. The van der Waals surface area contributed by atoms with Gasteiger partial charge in [-0.25, -0.2) is 9.37 Å². The molecule has 2 aromatic rings. The highest BCUT2D eigenvalue weighted by atomic mass is 32.1. The number of carbonyl (C=O) groups is 1. The predicted molar refractivity (Wildman–Crippen MR) is 79.1 cm³/mol. The van der Waals surface area contributed by atoms with E-state index in [2.05, 4.69) is 10.3 Å². The minimum atomic E-state index is -0.562. The number of hydrogen-bond donors (Lipinski definition) is 1. The number of nitrogens with one attached hydrogen (secondary N) is 1. The highest BCUT2D eigenvalue weighted by Gasteiger charge is 2.27. The van der Waals surface area contributed by atoms with Crippen LogP contribution < -0.4 is 10.2 Å². The Morgan fingerprint density at radius 2 is 2.24 bits per heavy atom. The molecule has 1 aliphatic rings. The maximum absolute atomic E-state index is 13.0. The summed E-state index contributed by atoms with van der Waals surface area (Å²) in [5, 5.41) is 5.08. The first kappa shape index (κ1) is 14.0. The lowest BCUT2D eigenvalue weighted by molar-refractivity contribution is -0.128. The largest absolute Gasteiger partial charge is 0.366 e. The second-order valence-corrected chi connectivity index (χ2v) is 5.50. The molecule has 1 saturated heterocycles. The number of carbonyl (C=O) groups excluding carboxylic acids is 1. The van der Waals surface area contributed by atoms with Crippen molar-refractivity contribution in [3.8, 4) is 0 Å². The normalized spacial score (nSPS) is 18.5. The number of ether oxygens (including phenoxy) is 1. The van der Waals surface area contributed by atoms with Crippen LogP contribution in [-0.4, -0.2) is 36.7 Å². The zero-order valence-electron chi connectivity index (χ0n) is 11.2. The van der Waals surface area contributed by atoms with Crippen LogP contribution in [-0.2, 0) is 9.53 Å². The minimum absolute atomic E-state index is 0.211. The summed E-state index contributed by atoms with van der Waals surface area (Å²) in [6, 6.07) is 6.23. The number of morpholine rings is 1. The van der Waals surface area contributed by atoms with Gasteiger partial charge in [0, 0.05) is 23.8 Å². The van der Waals surface area contributed by atoms with Crippen molar-refractivity contribution in [2.45, 2.75) is 6.10 Å². The summed E-state index contributed by atoms with van der Waals surface area (Å²) >= 11 is 1.36. The van der Waals surface area contributed by atoms with Gasteiger partial charge in [-0.15, -0.1) is 11.3 Å². The number of hydrogen-bond acceptors (Lipinski definition) is 5. The number of thiazole rings is 1. The van der Waals surface area contributed by atoms with E-state index in [1.165, 1.54) is 23.5 Å². The molecule has 7 heteroatoms. The van der Waals surface area contributed by atoms with Crippen molar-refractivity contribution in [1.29, 1.82) is 0 Å². The topological polar surface area (TPSA) is 54.5 Å². The Morgan fingerprint density at radius 1 is 1.43 bits per heavy atom. The van der Waals surface area contributed by atoms with E-state index in [0.717, 1.165) is 5.69 Å². The molecular formula is C14H14FN3O2S. The Kier molecular flexibility index (Phi) is 4.12. The molecule has 5 nitrogen and oxygen atoms in total. The number of halogens is 1. The van der Waals surface area contributed by atoms with Crippen LogP contribution >= 0.6 is 11.3 Å². The number of aromatic nitrogens is 1. The van der Waals surface area contributed by atoms with Crippen molar-refractivity contribution in [3.63, 3.8) is 0 Å². The summed E-state index contributed by atoms with van der Waals surface area (Å²) in [6.07, 6.45) is 1.07. The molecular weight excluding hydrogens is 293 g/mol. The maximum atomic E-state index is 13.0. The lowest BCUT2D eigenvalue weighted by Crippen LogP contribution is -2.48. The van der Waals surface area contributed by atoms with Gasteiger partial charge in [0.15, 0.2) is 11.2 Å². The Bertz CT molecular complexity index is 603. The highest BCUT2D eigenvalue weighted by molar-refractivity contribution is 7.13. The molecule has 1 amide bonds. The third-order valence-corrected chi connectivity index (χ3v) is 3.90. The zero-order chi connectivity index (χ0) is 14.7. The van der Waals surface area contributed by atoms with Gasteiger partial charge in [0.1, 0.15) is 5.82 Å². The molecule has 1 fully saturated rings. The molecule has 0 aliphatic carbocycles. The van der Waals surface area contributed by atoms with Crippen LogP contribution in [0.2, 0.25) is 0 Å². The van der Waals surface area contributed by atoms with Gasteiger partial charge in [-0.05, 0) is 24.3 Å². The van der Waals surface area contributed by atoms with Crippen LogP contribution in [0.1, 0.15) is 0 Å². The first-order chi connectivity index (χ1) is 10.2. The smallest absolute Gasteiger partial charge is 0.257 e. The first-order valence-corrected chi connectivity index (χ1v) is 7.43. The van der Waals surface area contributed by atoms with Crippen LogP contribution in [0.15, 0.2) is 35.8 Å². The quantitative estimate of drug-likeness (QED) is 0.944. The van der Waals surface area contributed by atoms with Gasteiger partial charge in [0.2, 0.25) is 0 Å². The molecule has 0 bridgehead atoms. The van der Waals surface area contributed by atoms with Crippen molar-refractivity contribution in [3.05, 3.63) is 41.7 Å². The Morgan fingerprint density at radius 3 is 2.95 bits per heavy atom. The van der Waals surface area contributed by atoms with Crippen molar-refractivity contribution >= 4 is 28.1 Å². The predicted octanol–water partition coefficient (Wildman–Crippen LogP) is 2.13. The van der Waals surface area contributed by atoms with Gasteiger partial charge in [0.25, 0.3) is 5.91 Å². The third kappa shape index (κ3) is 3.37. The number of benzene rings is 1.